The van der Waals surface area contributed by atoms with Gasteiger partial charge in [0.25, 0.3) is 0 Å². The van der Waals surface area contributed by atoms with Gasteiger partial charge in [0, 0.05) is 13.1 Å². The van der Waals surface area contributed by atoms with Crippen molar-refractivity contribution in [2.24, 2.45) is 5.92 Å². The first-order chi connectivity index (χ1) is 9.69. The van der Waals surface area contributed by atoms with E-state index in [9.17, 15) is 4.79 Å². The minimum Gasteiger partial charge on any atom is -0.375 e. The minimum absolute atomic E-state index is 0.179. The van der Waals surface area contributed by atoms with Crippen LogP contribution in [-0.4, -0.2) is 74.2 Å². The molecule has 2 saturated heterocycles. The molecule has 0 aromatic rings. The lowest BCUT2D eigenvalue weighted by atomic mass is 9.97. The number of carbonyl (C=O) groups excluding carboxylic acids is 1. The number of nitrogens with one attached hydrogen (secondary N) is 1. The number of likely N-dealkylation sites (tertiary alicyclic amines) is 1. The Balaban J connectivity index is 1.68. The molecular weight excluding hydrogens is 254 g/mol. The maximum absolute atomic E-state index is 12.3. The van der Waals surface area contributed by atoms with E-state index in [-0.39, 0.29) is 12.0 Å². The number of amides is 1. The molecule has 0 aromatic carbocycles. The maximum atomic E-state index is 12.3. The highest BCUT2D eigenvalue weighted by Gasteiger charge is 2.25. The van der Waals surface area contributed by atoms with Crippen LogP contribution < -0.4 is 5.32 Å². The van der Waals surface area contributed by atoms with Crippen molar-refractivity contribution in [3.63, 3.8) is 0 Å². The van der Waals surface area contributed by atoms with E-state index in [0.717, 1.165) is 45.2 Å². The van der Waals surface area contributed by atoms with E-state index >= 15 is 0 Å². The van der Waals surface area contributed by atoms with Crippen LogP contribution in [0.5, 0.6) is 0 Å². The SMILES string of the molecule is CCNCC1CCN(CC(=O)N2CCOC(C)C2)CC1. The van der Waals surface area contributed by atoms with E-state index in [0.29, 0.717) is 13.2 Å². The van der Waals surface area contributed by atoms with Crippen molar-refractivity contribution in [2.45, 2.75) is 32.8 Å². The maximum Gasteiger partial charge on any atom is 0.236 e. The average Bonchev–Trinajstić information content (AvgIpc) is 2.46. The topological polar surface area (TPSA) is 44.8 Å². The summed E-state index contributed by atoms with van der Waals surface area (Å²) < 4.78 is 5.49. The molecule has 2 fully saturated rings. The van der Waals surface area contributed by atoms with Crippen LogP contribution in [0, 0.1) is 5.92 Å². The van der Waals surface area contributed by atoms with Gasteiger partial charge in [-0.05, 0) is 51.9 Å². The zero-order chi connectivity index (χ0) is 14.4. The second kappa shape index (κ2) is 7.96. The molecule has 2 rings (SSSR count). The second-order valence-corrected chi connectivity index (χ2v) is 6.05. The Hall–Kier alpha value is -0.650. The molecule has 0 saturated carbocycles. The van der Waals surface area contributed by atoms with Gasteiger partial charge in [0.1, 0.15) is 0 Å². The molecule has 20 heavy (non-hydrogen) atoms. The van der Waals surface area contributed by atoms with E-state index in [1.165, 1.54) is 12.8 Å². The first-order valence-corrected chi connectivity index (χ1v) is 8.01. The Bertz CT molecular complexity index is 303. The summed E-state index contributed by atoms with van der Waals surface area (Å²) in [6, 6.07) is 0. The molecule has 0 bridgehead atoms. The smallest absolute Gasteiger partial charge is 0.236 e. The van der Waals surface area contributed by atoms with Gasteiger partial charge in [-0.15, -0.1) is 0 Å². The fourth-order valence-electron chi connectivity index (χ4n) is 3.03. The summed E-state index contributed by atoms with van der Waals surface area (Å²) in [7, 11) is 0. The molecule has 2 heterocycles. The van der Waals surface area contributed by atoms with Crippen LogP contribution in [0.25, 0.3) is 0 Å². The number of ether oxygens (including phenoxy) is 1. The fraction of sp³-hybridized carbons (Fsp3) is 0.933. The van der Waals surface area contributed by atoms with Gasteiger partial charge in [0.05, 0.1) is 19.3 Å². The highest BCUT2D eigenvalue weighted by molar-refractivity contribution is 5.78. The Kier molecular flexibility index (Phi) is 6.26. The van der Waals surface area contributed by atoms with E-state index in [4.69, 9.17) is 4.74 Å². The molecule has 1 unspecified atom stereocenters. The third kappa shape index (κ3) is 4.72. The van der Waals surface area contributed by atoms with Crippen molar-refractivity contribution >= 4 is 5.91 Å². The van der Waals surface area contributed by atoms with Gasteiger partial charge in [0.2, 0.25) is 5.91 Å². The van der Waals surface area contributed by atoms with Crippen molar-refractivity contribution < 1.29 is 9.53 Å². The van der Waals surface area contributed by atoms with E-state index in [1.54, 1.807) is 0 Å². The molecule has 2 aliphatic heterocycles. The van der Waals surface area contributed by atoms with Crippen molar-refractivity contribution in [2.75, 3.05) is 52.4 Å². The molecule has 1 atom stereocenters. The Labute approximate surface area is 122 Å². The van der Waals surface area contributed by atoms with Gasteiger partial charge >= 0.3 is 0 Å². The average molecular weight is 283 g/mol. The number of piperidine rings is 1. The standard InChI is InChI=1S/C15H29N3O2/c1-3-16-10-14-4-6-17(7-5-14)12-15(19)18-8-9-20-13(2)11-18/h13-14,16H,3-12H2,1-2H3. The van der Waals surface area contributed by atoms with Crippen LogP contribution >= 0.6 is 0 Å². The lowest BCUT2D eigenvalue weighted by molar-refractivity contribution is -0.139. The summed E-state index contributed by atoms with van der Waals surface area (Å²) in [6.07, 6.45) is 2.60. The molecule has 1 amide bonds. The first kappa shape index (κ1) is 15.7. The lowest BCUT2D eigenvalue weighted by Crippen LogP contribution is -2.49. The molecule has 116 valence electrons. The molecular formula is C15H29N3O2. The number of morpholine rings is 1. The van der Waals surface area contributed by atoms with E-state index < -0.39 is 0 Å². The Morgan fingerprint density at radius 3 is 2.70 bits per heavy atom. The zero-order valence-corrected chi connectivity index (χ0v) is 12.9. The first-order valence-electron chi connectivity index (χ1n) is 8.01. The largest absolute Gasteiger partial charge is 0.375 e. The third-order valence-corrected chi connectivity index (χ3v) is 4.34. The predicted octanol–water partition coefficient (Wildman–Crippen LogP) is 0.555. The Morgan fingerprint density at radius 1 is 1.30 bits per heavy atom. The quantitative estimate of drug-likeness (QED) is 0.800. The van der Waals surface area contributed by atoms with Crippen LogP contribution in [0.2, 0.25) is 0 Å². The number of hydrogen-bond donors (Lipinski definition) is 1. The van der Waals surface area contributed by atoms with Crippen LogP contribution in [0.1, 0.15) is 26.7 Å². The summed E-state index contributed by atoms with van der Waals surface area (Å²) in [6.45, 7) is 11.2. The zero-order valence-electron chi connectivity index (χ0n) is 12.9. The summed E-state index contributed by atoms with van der Waals surface area (Å²) >= 11 is 0. The van der Waals surface area contributed by atoms with Crippen molar-refractivity contribution in [3.8, 4) is 0 Å². The van der Waals surface area contributed by atoms with Gasteiger partial charge in [-0.1, -0.05) is 6.92 Å². The number of hydrogen-bond acceptors (Lipinski definition) is 4. The van der Waals surface area contributed by atoms with Crippen LogP contribution in [0.3, 0.4) is 0 Å². The van der Waals surface area contributed by atoms with Crippen LogP contribution in [-0.2, 0) is 9.53 Å². The highest BCUT2D eigenvalue weighted by atomic mass is 16.5. The summed E-state index contributed by atoms with van der Waals surface area (Å²) in [5.41, 5.74) is 0. The van der Waals surface area contributed by atoms with Gasteiger partial charge in [-0.3, -0.25) is 9.69 Å². The van der Waals surface area contributed by atoms with Gasteiger partial charge in [-0.25, -0.2) is 0 Å². The highest BCUT2D eigenvalue weighted by Crippen LogP contribution is 2.16. The molecule has 0 aromatic heterocycles. The second-order valence-electron chi connectivity index (χ2n) is 6.05. The summed E-state index contributed by atoms with van der Waals surface area (Å²) in [4.78, 5) is 16.5. The van der Waals surface area contributed by atoms with Crippen LogP contribution in [0.4, 0.5) is 0 Å². The van der Waals surface area contributed by atoms with Crippen molar-refractivity contribution in [1.82, 2.24) is 15.1 Å². The summed E-state index contributed by atoms with van der Waals surface area (Å²) in [5.74, 6) is 1.05. The van der Waals surface area contributed by atoms with E-state index in [1.807, 2.05) is 11.8 Å². The molecule has 1 N–H and O–H groups in total. The molecule has 5 nitrogen and oxygen atoms in total. The van der Waals surface area contributed by atoms with Crippen molar-refractivity contribution in [3.05, 3.63) is 0 Å². The summed E-state index contributed by atoms with van der Waals surface area (Å²) in [5, 5.41) is 3.42. The molecule has 5 heteroatoms. The normalized spacial score (nSPS) is 25.9. The fourth-order valence-corrected chi connectivity index (χ4v) is 3.03. The van der Waals surface area contributed by atoms with Gasteiger partial charge in [-0.2, -0.15) is 0 Å². The Morgan fingerprint density at radius 2 is 2.05 bits per heavy atom. The van der Waals surface area contributed by atoms with E-state index in [2.05, 4.69) is 17.1 Å². The molecule has 0 aliphatic carbocycles. The van der Waals surface area contributed by atoms with Gasteiger partial charge in [0.15, 0.2) is 0 Å². The number of carbonyl (C=O) groups is 1. The minimum atomic E-state index is 0.179. The third-order valence-electron chi connectivity index (χ3n) is 4.34. The molecule has 2 aliphatic rings. The van der Waals surface area contributed by atoms with Crippen molar-refractivity contribution in [1.29, 1.82) is 0 Å². The lowest BCUT2D eigenvalue weighted by Gasteiger charge is -2.35. The molecule has 0 radical (unpaired) electrons. The number of nitrogens with zero attached hydrogens (tertiary/aromatic N) is 2. The van der Waals surface area contributed by atoms with Crippen LogP contribution in [0.15, 0.2) is 0 Å². The number of rotatable bonds is 5. The monoisotopic (exact) mass is 283 g/mol. The van der Waals surface area contributed by atoms with Gasteiger partial charge < -0.3 is 15.0 Å². The molecule has 0 spiro atoms. The predicted molar refractivity (Wildman–Crippen MR) is 79.7 cm³/mol.